The van der Waals surface area contributed by atoms with Crippen LogP contribution >= 0.6 is 0 Å². The second kappa shape index (κ2) is 6.42. The molecule has 2 fully saturated rings. The number of benzene rings is 1. The van der Waals surface area contributed by atoms with Gasteiger partial charge in [0.25, 0.3) is 5.91 Å². The van der Waals surface area contributed by atoms with Gasteiger partial charge in [-0.1, -0.05) is 18.2 Å². The van der Waals surface area contributed by atoms with Gasteiger partial charge in [0.15, 0.2) is 5.69 Å². The summed E-state index contributed by atoms with van der Waals surface area (Å²) in [4.78, 5) is 15.2. The minimum Gasteiger partial charge on any atom is -0.384 e. The summed E-state index contributed by atoms with van der Waals surface area (Å²) >= 11 is 0. The number of hydrogen-bond donors (Lipinski definition) is 0. The third-order valence-electron chi connectivity index (χ3n) is 5.67. The van der Waals surface area contributed by atoms with Gasteiger partial charge in [-0.3, -0.25) is 9.48 Å². The van der Waals surface area contributed by atoms with Crippen molar-refractivity contribution >= 4 is 16.8 Å². The van der Waals surface area contributed by atoms with Gasteiger partial charge >= 0.3 is 0 Å². The zero-order chi connectivity index (χ0) is 17.4. The number of carbonyl (C=O) groups is 1. The van der Waals surface area contributed by atoms with Gasteiger partial charge in [0.2, 0.25) is 0 Å². The number of rotatable bonds is 3. The molecule has 2 atom stereocenters. The third kappa shape index (κ3) is 2.73. The number of amides is 1. The van der Waals surface area contributed by atoms with Gasteiger partial charge < -0.3 is 14.4 Å². The van der Waals surface area contributed by atoms with Gasteiger partial charge in [0.1, 0.15) is 0 Å². The third-order valence-corrected chi connectivity index (χ3v) is 5.67. The van der Waals surface area contributed by atoms with E-state index in [1.807, 2.05) is 36.2 Å². The van der Waals surface area contributed by atoms with E-state index in [4.69, 9.17) is 9.47 Å². The molecule has 0 aliphatic carbocycles. The Morgan fingerprint density at radius 2 is 2.28 bits per heavy atom. The lowest BCUT2D eigenvalue weighted by Crippen LogP contribution is -2.58. The van der Waals surface area contributed by atoms with E-state index in [0.29, 0.717) is 25.4 Å². The molecule has 0 radical (unpaired) electrons. The van der Waals surface area contributed by atoms with Crippen LogP contribution in [0.1, 0.15) is 29.8 Å². The van der Waals surface area contributed by atoms with E-state index in [-0.39, 0.29) is 17.4 Å². The number of aryl methyl sites for hydroxylation is 1. The SMILES string of the molecule is COCC12CCCOC1CCN(C(=O)c1nn(C)c3ccccc13)C2. The van der Waals surface area contributed by atoms with Gasteiger partial charge in [-0.2, -0.15) is 5.10 Å². The van der Waals surface area contributed by atoms with Crippen LogP contribution in [0.2, 0.25) is 0 Å². The first-order chi connectivity index (χ1) is 12.1. The average molecular weight is 343 g/mol. The number of piperidine rings is 1. The molecule has 6 heteroatoms. The molecule has 0 bridgehead atoms. The van der Waals surface area contributed by atoms with Gasteiger partial charge in [0.05, 0.1) is 18.2 Å². The molecule has 1 amide bonds. The van der Waals surface area contributed by atoms with Crippen molar-refractivity contribution in [2.24, 2.45) is 12.5 Å². The summed E-state index contributed by atoms with van der Waals surface area (Å²) in [6.07, 6.45) is 3.11. The molecular weight excluding hydrogens is 318 g/mol. The molecule has 4 rings (SSSR count). The maximum atomic E-state index is 13.2. The smallest absolute Gasteiger partial charge is 0.275 e. The Morgan fingerprint density at radius 1 is 1.44 bits per heavy atom. The lowest BCUT2D eigenvalue weighted by atomic mass is 9.73. The van der Waals surface area contributed by atoms with E-state index < -0.39 is 0 Å². The molecule has 2 aliphatic heterocycles. The highest BCUT2D eigenvalue weighted by atomic mass is 16.5. The topological polar surface area (TPSA) is 56.6 Å². The molecule has 6 nitrogen and oxygen atoms in total. The molecule has 25 heavy (non-hydrogen) atoms. The summed E-state index contributed by atoms with van der Waals surface area (Å²) in [7, 11) is 3.61. The number of hydrogen-bond acceptors (Lipinski definition) is 4. The van der Waals surface area contributed by atoms with Crippen LogP contribution in [0.25, 0.3) is 10.9 Å². The van der Waals surface area contributed by atoms with Crippen molar-refractivity contribution in [3.05, 3.63) is 30.0 Å². The molecule has 0 spiro atoms. The molecule has 2 unspecified atom stereocenters. The predicted octanol–water partition coefficient (Wildman–Crippen LogP) is 2.23. The van der Waals surface area contributed by atoms with Crippen LogP contribution < -0.4 is 0 Å². The van der Waals surface area contributed by atoms with Gasteiger partial charge in [-0.05, 0) is 25.3 Å². The van der Waals surface area contributed by atoms with Gasteiger partial charge in [0, 0.05) is 44.7 Å². The number of likely N-dealkylation sites (tertiary alicyclic amines) is 1. The first kappa shape index (κ1) is 16.5. The van der Waals surface area contributed by atoms with Crippen molar-refractivity contribution < 1.29 is 14.3 Å². The van der Waals surface area contributed by atoms with E-state index >= 15 is 0 Å². The average Bonchev–Trinajstić information content (AvgIpc) is 2.98. The van der Waals surface area contributed by atoms with Crippen LogP contribution in [-0.4, -0.2) is 60.1 Å². The second-order valence-corrected chi connectivity index (χ2v) is 7.26. The highest BCUT2D eigenvalue weighted by Gasteiger charge is 2.47. The van der Waals surface area contributed by atoms with Gasteiger partial charge in [-0.25, -0.2) is 0 Å². The molecule has 1 aromatic carbocycles. The largest absolute Gasteiger partial charge is 0.384 e. The maximum absolute atomic E-state index is 13.2. The predicted molar refractivity (Wildman–Crippen MR) is 94.5 cm³/mol. The zero-order valence-electron chi connectivity index (χ0n) is 14.9. The monoisotopic (exact) mass is 343 g/mol. The number of fused-ring (bicyclic) bond motifs is 2. The van der Waals surface area contributed by atoms with Crippen molar-refractivity contribution in [3.63, 3.8) is 0 Å². The molecular formula is C19H25N3O3. The molecule has 2 aromatic rings. The van der Waals surface area contributed by atoms with Crippen molar-refractivity contribution in [3.8, 4) is 0 Å². The highest BCUT2D eigenvalue weighted by molar-refractivity contribution is 6.04. The van der Waals surface area contributed by atoms with E-state index in [1.165, 1.54) is 0 Å². The summed E-state index contributed by atoms with van der Waals surface area (Å²) in [5.74, 6) is 0.0105. The lowest BCUT2D eigenvalue weighted by molar-refractivity contribution is -0.142. The fourth-order valence-corrected chi connectivity index (χ4v) is 4.48. The minimum absolute atomic E-state index is 0.0105. The minimum atomic E-state index is -0.0918. The maximum Gasteiger partial charge on any atom is 0.275 e. The number of para-hydroxylation sites is 1. The van der Waals surface area contributed by atoms with E-state index in [1.54, 1.807) is 11.8 Å². The number of methoxy groups -OCH3 is 1. The van der Waals surface area contributed by atoms with Crippen molar-refractivity contribution in [1.29, 1.82) is 0 Å². The lowest BCUT2D eigenvalue weighted by Gasteiger charge is -2.50. The number of ether oxygens (including phenoxy) is 2. The van der Waals surface area contributed by atoms with E-state index in [2.05, 4.69) is 5.10 Å². The van der Waals surface area contributed by atoms with Crippen LogP contribution in [0.15, 0.2) is 24.3 Å². The van der Waals surface area contributed by atoms with Crippen LogP contribution in [0.3, 0.4) is 0 Å². The summed E-state index contributed by atoms with van der Waals surface area (Å²) in [6.45, 7) is 2.83. The van der Waals surface area contributed by atoms with E-state index in [0.717, 1.165) is 36.8 Å². The van der Waals surface area contributed by atoms with E-state index in [9.17, 15) is 4.79 Å². The molecule has 0 N–H and O–H groups in total. The molecule has 2 aliphatic rings. The summed E-state index contributed by atoms with van der Waals surface area (Å²) in [6, 6.07) is 7.88. The molecule has 2 saturated heterocycles. The Labute approximate surface area is 147 Å². The summed E-state index contributed by atoms with van der Waals surface area (Å²) in [5.41, 5.74) is 1.43. The Hall–Kier alpha value is -1.92. The summed E-state index contributed by atoms with van der Waals surface area (Å²) in [5, 5.41) is 5.42. The van der Waals surface area contributed by atoms with Crippen LogP contribution in [0.5, 0.6) is 0 Å². The number of aromatic nitrogens is 2. The summed E-state index contributed by atoms with van der Waals surface area (Å²) < 4.78 is 13.3. The Kier molecular flexibility index (Phi) is 4.25. The van der Waals surface area contributed by atoms with Crippen molar-refractivity contribution in [1.82, 2.24) is 14.7 Å². The Balaban J connectivity index is 1.64. The zero-order valence-corrected chi connectivity index (χ0v) is 14.9. The highest BCUT2D eigenvalue weighted by Crippen LogP contribution is 2.40. The van der Waals surface area contributed by atoms with Crippen LogP contribution in [0, 0.1) is 5.41 Å². The van der Waals surface area contributed by atoms with Crippen molar-refractivity contribution in [2.45, 2.75) is 25.4 Å². The fraction of sp³-hybridized carbons (Fsp3) is 0.579. The number of nitrogens with zero attached hydrogens (tertiary/aromatic N) is 3. The van der Waals surface area contributed by atoms with Crippen molar-refractivity contribution in [2.75, 3.05) is 33.4 Å². The second-order valence-electron chi connectivity index (χ2n) is 7.26. The first-order valence-corrected chi connectivity index (χ1v) is 8.96. The van der Waals surface area contributed by atoms with Crippen LogP contribution in [-0.2, 0) is 16.5 Å². The molecule has 0 saturated carbocycles. The van der Waals surface area contributed by atoms with Gasteiger partial charge in [-0.15, -0.1) is 0 Å². The molecule has 3 heterocycles. The quantitative estimate of drug-likeness (QED) is 0.858. The normalized spacial score (nSPS) is 26.6. The molecule has 134 valence electrons. The first-order valence-electron chi connectivity index (χ1n) is 8.96. The Morgan fingerprint density at radius 3 is 3.12 bits per heavy atom. The Bertz CT molecular complexity index is 783. The fourth-order valence-electron chi connectivity index (χ4n) is 4.48. The number of carbonyl (C=O) groups excluding carboxylic acids is 1. The standard InChI is InChI=1S/C19H25N3O3/c1-21-15-7-4-3-6-14(15)17(20-21)18(23)22-10-8-16-19(12-22,13-24-2)9-5-11-25-16/h3-4,6-7,16H,5,8-13H2,1-2H3. The molecule has 1 aromatic heterocycles. The van der Waals surface area contributed by atoms with Crippen LogP contribution in [0.4, 0.5) is 0 Å².